The van der Waals surface area contributed by atoms with Crippen molar-refractivity contribution in [2.45, 2.75) is 36.5 Å². The normalized spacial score (nSPS) is 26.6. The number of nitriles is 1. The molecule has 3 unspecified atom stereocenters. The summed E-state index contributed by atoms with van der Waals surface area (Å²) in [5, 5.41) is 16.9. The number of rotatable bonds is 4. The second-order valence-electron chi connectivity index (χ2n) is 6.95. The first-order chi connectivity index (χ1) is 13.6. The van der Waals surface area contributed by atoms with Crippen LogP contribution in [-0.2, 0) is 14.8 Å². The highest BCUT2D eigenvalue weighted by molar-refractivity contribution is 7.90. The van der Waals surface area contributed by atoms with E-state index in [0.29, 0.717) is 10.8 Å². The van der Waals surface area contributed by atoms with Crippen molar-refractivity contribution in [3.63, 3.8) is 0 Å². The number of benzene rings is 1. The number of piperidine rings is 1. The van der Waals surface area contributed by atoms with E-state index in [-0.39, 0.29) is 22.0 Å². The fraction of sp³-hybridized carbons (Fsp3) is 0.471. The summed E-state index contributed by atoms with van der Waals surface area (Å²) in [6, 6.07) is 3.59. The zero-order valence-corrected chi connectivity index (χ0v) is 16.9. The highest BCUT2D eigenvalue weighted by Gasteiger charge is 2.39. The summed E-state index contributed by atoms with van der Waals surface area (Å²) in [5.41, 5.74) is 0.0724. The number of alkyl halides is 1. The van der Waals surface area contributed by atoms with Gasteiger partial charge in [0, 0.05) is 17.6 Å². The number of amides is 3. The Morgan fingerprint density at radius 3 is 2.90 bits per heavy atom. The van der Waals surface area contributed by atoms with Crippen molar-refractivity contribution in [3.8, 4) is 6.07 Å². The third-order valence-electron chi connectivity index (χ3n) is 4.88. The van der Waals surface area contributed by atoms with E-state index in [0.717, 1.165) is 0 Å². The Balaban J connectivity index is 1.69. The van der Waals surface area contributed by atoms with Crippen LogP contribution in [-0.4, -0.2) is 56.0 Å². The van der Waals surface area contributed by atoms with Crippen LogP contribution >= 0.6 is 11.6 Å². The lowest BCUT2D eigenvalue weighted by Crippen LogP contribution is -2.58. The SMILES string of the molecule is C[C@H](NC(=O)CN1C(=O)Nc2ccc(Cl)cc2S1(=O)=O)C1NCC(C#N)CC1F. The van der Waals surface area contributed by atoms with Crippen molar-refractivity contribution in [2.24, 2.45) is 5.92 Å². The van der Waals surface area contributed by atoms with Gasteiger partial charge in [-0.2, -0.15) is 5.26 Å². The number of halogens is 2. The molecule has 0 saturated carbocycles. The van der Waals surface area contributed by atoms with Gasteiger partial charge in [0.15, 0.2) is 0 Å². The fourth-order valence-electron chi connectivity index (χ4n) is 3.39. The Kier molecular flexibility index (Phi) is 5.97. The molecule has 4 atom stereocenters. The number of anilines is 1. The van der Waals surface area contributed by atoms with Crippen LogP contribution in [0.2, 0.25) is 5.02 Å². The molecule has 3 amide bonds. The molecule has 0 aliphatic carbocycles. The second-order valence-corrected chi connectivity index (χ2v) is 9.22. The van der Waals surface area contributed by atoms with E-state index in [1.165, 1.54) is 18.2 Å². The minimum atomic E-state index is -4.28. The lowest BCUT2D eigenvalue weighted by Gasteiger charge is -2.35. The number of sulfonamides is 1. The van der Waals surface area contributed by atoms with Crippen LogP contribution in [0.25, 0.3) is 0 Å². The highest BCUT2D eigenvalue weighted by atomic mass is 35.5. The molecule has 1 saturated heterocycles. The summed E-state index contributed by atoms with van der Waals surface area (Å²) in [7, 11) is -4.28. The van der Waals surface area contributed by atoms with Crippen molar-refractivity contribution in [1.29, 1.82) is 5.26 Å². The van der Waals surface area contributed by atoms with E-state index in [2.05, 4.69) is 16.0 Å². The Labute approximate surface area is 172 Å². The van der Waals surface area contributed by atoms with E-state index in [4.69, 9.17) is 16.9 Å². The number of carbonyl (C=O) groups excluding carboxylic acids is 2. The Bertz CT molecular complexity index is 983. The lowest BCUT2D eigenvalue weighted by molar-refractivity contribution is -0.121. The van der Waals surface area contributed by atoms with E-state index in [9.17, 15) is 22.4 Å². The number of fused-ring (bicyclic) bond motifs is 1. The number of urea groups is 1. The van der Waals surface area contributed by atoms with Crippen LogP contribution in [0.15, 0.2) is 23.1 Å². The maximum Gasteiger partial charge on any atom is 0.336 e. The number of nitrogens with one attached hydrogen (secondary N) is 3. The monoisotopic (exact) mass is 443 g/mol. The molecule has 1 aromatic carbocycles. The molecule has 0 radical (unpaired) electrons. The standard InChI is InChI=1S/C17H19ClFN5O4S/c1-9(16-12(19)4-10(6-20)7-21-16)22-15(25)8-24-17(26)23-13-3-2-11(18)5-14(13)29(24,27)28/h2-3,5,9-10,12,16,21H,4,7-8H2,1H3,(H,22,25)(H,23,26)/t9-,10?,12?,16?/m0/s1. The molecule has 2 aliphatic heterocycles. The van der Waals surface area contributed by atoms with Gasteiger partial charge in [-0.25, -0.2) is 21.9 Å². The maximum absolute atomic E-state index is 14.3. The summed E-state index contributed by atoms with van der Waals surface area (Å²) in [6.45, 7) is 1.09. The van der Waals surface area contributed by atoms with Crippen LogP contribution < -0.4 is 16.0 Å². The molecule has 0 spiro atoms. The number of nitrogens with zero attached hydrogens (tertiary/aromatic N) is 2. The van der Waals surface area contributed by atoms with Gasteiger partial charge in [0.05, 0.1) is 23.7 Å². The first-order valence-electron chi connectivity index (χ1n) is 8.83. The number of hydrogen-bond acceptors (Lipinski definition) is 6. The number of hydrogen-bond donors (Lipinski definition) is 3. The fourth-order valence-corrected chi connectivity index (χ4v) is 5.09. The summed E-state index contributed by atoms with van der Waals surface area (Å²) < 4.78 is 40.2. The molecule has 12 heteroatoms. The van der Waals surface area contributed by atoms with Crippen LogP contribution in [0.5, 0.6) is 0 Å². The summed E-state index contributed by atoms with van der Waals surface area (Å²) >= 11 is 5.85. The van der Waals surface area contributed by atoms with E-state index in [1.54, 1.807) is 6.92 Å². The van der Waals surface area contributed by atoms with E-state index < -0.39 is 52.7 Å². The van der Waals surface area contributed by atoms with Gasteiger partial charge in [-0.1, -0.05) is 11.6 Å². The number of carbonyl (C=O) groups is 2. The molecule has 9 nitrogen and oxygen atoms in total. The Morgan fingerprint density at radius 2 is 2.24 bits per heavy atom. The van der Waals surface area contributed by atoms with Gasteiger partial charge >= 0.3 is 6.03 Å². The topological polar surface area (TPSA) is 131 Å². The zero-order valence-electron chi connectivity index (χ0n) is 15.4. The largest absolute Gasteiger partial charge is 0.350 e. The highest BCUT2D eigenvalue weighted by Crippen LogP contribution is 2.32. The molecule has 3 rings (SSSR count). The van der Waals surface area contributed by atoms with Crippen molar-refractivity contribution in [1.82, 2.24) is 14.9 Å². The van der Waals surface area contributed by atoms with Crippen LogP contribution in [0.3, 0.4) is 0 Å². The van der Waals surface area contributed by atoms with Gasteiger partial charge in [0.1, 0.15) is 17.6 Å². The van der Waals surface area contributed by atoms with Crippen molar-refractivity contribution in [2.75, 3.05) is 18.4 Å². The molecule has 0 bridgehead atoms. The van der Waals surface area contributed by atoms with Gasteiger partial charge < -0.3 is 16.0 Å². The first-order valence-corrected chi connectivity index (χ1v) is 10.6. The van der Waals surface area contributed by atoms with E-state index in [1.807, 2.05) is 6.07 Å². The molecule has 1 aromatic rings. The smallest absolute Gasteiger partial charge is 0.336 e. The predicted molar refractivity (Wildman–Crippen MR) is 102 cm³/mol. The van der Waals surface area contributed by atoms with Gasteiger partial charge in [-0.15, -0.1) is 0 Å². The van der Waals surface area contributed by atoms with Crippen molar-refractivity contribution < 1.29 is 22.4 Å². The maximum atomic E-state index is 14.3. The molecule has 156 valence electrons. The first kappa shape index (κ1) is 21.3. The predicted octanol–water partition coefficient (Wildman–Crippen LogP) is 1.22. The van der Waals surface area contributed by atoms with Crippen molar-refractivity contribution in [3.05, 3.63) is 23.2 Å². The molecule has 29 heavy (non-hydrogen) atoms. The van der Waals surface area contributed by atoms with Gasteiger partial charge in [0.2, 0.25) is 5.91 Å². The Hall–Kier alpha value is -2.42. The average molecular weight is 444 g/mol. The van der Waals surface area contributed by atoms with Crippen LogP contribution in [0.1, 0.15) is 13.3 Å². The molecule has 2 aliphatic rings. The van der Waals surface area contributed by atoms with Crippen LogP contribution in [0.4, 0.5) is 14.9 Å². The third-order valence-corrected chi connectivity index (χ3v) is 6.88. The molecule has 3 N–H and O–H groups in total. The summed E-state index contributed by atoms with van der Waals surface area (Å²) in [4.78, 5) is 24.4. The van der Waals surface area contributed by atoms with Gasteiger partial charge in [-0.3, -0.25) is 4.79 Å². The summed E-state index contributed by atoms with van der Waals surface area (Å²) in [5.74, 6) is -1.21. The quantitative estimate of drug-likeness (QED) is 0.641. The molecular formula is C17H19ClFN5O4S. The third kappa shape index (κ3) is 4.29. The zero-order chi connectivity index (χ0) is 21.3. The lowest BCUT2D eigenvalue weighted by atomic mass is 9.90. The second kappa shape index (κ2) is 8.14. The van der Waals surface area contributed by atoms with Gasteiger partial charge in [0.25, 0.3) is 10.0 Å². The minimum absolute atomic E-state index is 0.0504. The Morgan fingerprint density at radius 1 is 1.52 bits per heavy atom. The molecule has 1 fully saturated rings. The molecular weight excluding hydrogens is 425 g/mol. The van der Waals surface area contributed by atoms with Gasteiger partial charge in [-0.05, 0) is 31.5 Å². The van der Waals surface area contributed by atoms with E-state index >= 15 is 0 Å². The minimum Gasteiger partial charge on any atom is -0.350 e. The average Bonchev–Trinajstić information content (AvgIpc) is 2.65. The molecule has 2 heterocycles. The van der Waals surface area contributed by atoms with Crippen LogP contribution in [0, 0.1) is 17.2 Å². The molecule has 0 aromatic heterocycles. The summed E-state index contributed by atoms with van der Waals surface area (Å²) in [6.07, 6.45) is -1.30. The van der Waals surface area contributed by atoms with Crippen molar-refractivity contribution >= 4 is 39.2 Å².